The Morgan fingerprint density at radius 1 is 0.964 bits per heavy atom. The van der Waals surface area contributed by atoms with Crippen molar-refractivity contribution in [2.75, 3.05) is 5.32 Å². The number of hydrogen-bond donors (Lipinski definition) is 3. The first-order chi connectivity index (χ1) is 13.4. The van der Waals surface area contributed by atoms with Crippen molar-refractivity contribution in [2.24, 2.45) is 0 Å². The van der Waals surface area contributed by atoms with Crippen LogP contribution in [0.1, 0.15) is 36.8 Å². The SMILES string of the molecule is CC(C(=O)Nc1ccc(CCCC(=O)O)cc1)c1ccc2cc(O)ccc2c1. The predicted octanol–water partition coefficient (Wildman–Crippen LogP) is 4.69. The van der Waals surface area contributed by atoms with E-state index in [1.807, 2.05) is 55.5 Å². The molecule has 144 valence electrons. The van der Waals surface area contributed by atoms with Gasteiger partial charge in [-0.05, 0) is 65.9 Å². The molecule has 28 heavy (non-hydrogen) atoms. The molecule has 1 amide bonds. The summed E-state index contributed by atoms with van der Waals surface area (Å²) in [6.45, 7) is 1.86. The zero-order valence-electron chi connectivity index (χ0n) is 15.7. The number of phenolic OH excluding ortho intramolecular Hbond substituents is 1. The number of carbonyl (C=O) groups is 2. The summed E-state index contributed by atoms with van der Waals surface area (Å²) in [6, 6.07) is 18.4. The van der Waals surface area contributed by atoms with E-state index in [2.05, 4.69) is 5.32 Å². The van der Waals surface area contributed by atoms with Crippen molar-refractivity contribution in [3.05, 3.63) is 71.8 Å². The van der Waals surface area contributed by atoms with Gasteiger partial charge in [0.1, 0.15) is 5.75 Å². The number of nitrogens with one attached hydrogen (secondary N) is 1. The minimum absolute atomic E-state index is 0.100. The molecule has 3 aromatic carbocycles. The molecule has 1 atom stereocenters. The summed E-state index contributed by atoms with van der Waals surface area (Å²) in [4.78, 5) is 23.2. The van der Waals surface area contributed by atoms with Crippen LogP contribution >= 0.6 is 0 Å². The van der Waals surface area contributed by atoms with Gasteiger partial charge in [-0.1, -0.05) is 36.4 Å². The number of hydrogen-bond acceptors (Lipinski definition) is 3. The Bertz CT molecular complexity index is 995. The second kappa shape index (κ2) is 8.57. The molecule has 3 N–H and O–H groups in total. The molecule has 1 unspecified atom stereocenters. The van der Waals surface area contributed by atoms with Crippen molar-refractivity contribution in [3.63, 3.8) is 0 Å². The Morgan fingerprint density at radius 3 is 2.36 bits per heavy atom. The lowest BCUT2D eigenvalue weighted by Crippen LogP contribution is -2.18. The standard InChI is InChI=1S/C23H23NO4/c1-15(17-7-8-19-14-21(25)12-9-18(19)13-17)23(28)24-20-10-5-16(6-11-20)3-2-4-22(26)27/h5-15,25H,2-4H2,1H3,(H,24,28)(H,26,27). The summed E-state index contributed by atoms with van der Waals surface area (Å²) in [7, 11) is 0. The van der Waals surface area contributed by atoms with Crippen LogP contribution in [0.4, 0.5) is 5.69 Å². The van der Waals surface area contributed by atoms with Crippen LogP contribution in [0.5, 0.6) is 5.75 Å². The van der Waals surface area contributed by atoms with Crippen molar-refractivity contribution < 1.29 is 19.8 Å². The number of amides is 1. The molecule has 0 radical (unpaired) electrons. The molecular formula is C23H23NO4. The van der Waals surface area contributed by atoms with Crippen molar-refractivity contribution in [2.45, 2.75) is 32.1 Å². The highest BCUT2D eigenvalue weighted by Crippen LogP contribution is 2.25. The molecule has 5 nitrogen and oxygen atoms in total. The van der Waals surface area contributed by atoms with Crippen LogP contribution in [0.2, 0.25) is 0 Å². The third-order valence-electron chi connectivity index (χ3n) is 4.82. The van der Waals surface area contributed by atoms with Gasteiger partial charge >= 0.3 is 5.97 Å². The average molecular weight is 377 g/mol. The molecule has 3 aromatic rings. The summed E-state index contributed by atoms with van der Waals surface area (Å²) >= 11 is 0. The van der Waals surface area contributed by atoms with Gasteiger partial charge in [-0.2, -0.15) is 0 Å². The first-order valence-electron chi connectivity index (χ1n) is 9.26. The zero-order chi connectivity index (χ0) is 20.1. The van der Waals surface area contributed by atoms with Crippen molar-refractivity contribution in [1.82, 2.24) is 0 Å². The highest BCUT2D eigenvalue weighted by Gasteiger charge is 2.16. The number of anilines is 1. The third kappa shape index (κ3) is 4.88. The molecular weight excluding hydrogens is 354 g/mol. The molecule has 0 saturated carbocycles. The number of carboxylic acids is 1. The summed E-state index contributed by atoms with van der Waals surface area (Å²) in [5.41, 5.74) is 2.66. The van der Waals surface area contributed by atoms with E-state index in [0.29, 0.717) is 18.5 Å². The fourth-order valence-corrected chi connectivity index (χ4v) is 3.12. The van der Waals surface area contributed by atoms with E-state index in [-0.39, 0.29) is 24.0 Å². The van der Waals surface area contributed by atoms with Gasteiger partial charge in [0.15, 0.2) is 0 Å². The van der Waals surface area contributed by atoms with E-state index < -0.39 is 5.97 Å². The van der Waals surface area contributed by atoms with Crippen LogP contribution in [0, 0.1) is 0 Å². The van der Waals surface area contributed by atoms with E-state index in [9.17, 15) is 14.7 Å². The number of phenols is 1. The number of carboxylic acid groups (broad SMARTS) is 1. The van der Waals surface area contributed by atoms with Gasteiger partial charge in [0.05, 0.1) is 5.92 Å². The lowest BCUT2D eigenvalue weighted by Gasteiger charge is -2.14. The predicted molar refractivity (Wildman–Crippen MR) is 110 cm³/mol. The number of aromatic hydroxyl groups is 1. The van der Waals surface area contributed by atoms with Gasteiger partial charge in [-0.3, -0.25) is 9.59 Å². The normalized spacial score (nSPS) is 11.9. The number of carbonyl (C=O) groups excluding carboxylic acids is 1. The molecule has 0 saturated heterocycles. The first kappa shape index (κ1) is 19.4. The Labute approximate surface area is 163 Å². The van der Waals surface area contributed by atoms with Crippen molar-refractivity contribution >= 4 is 28.3 Å². The maximum Gasteiger partial charge on any atom is 0.303 e. The average Bonchev–Trinajstić information content (AvgIpc) is 2.68. The maximum absolute atomic E-state index is 12.6. The number of aliphatic carboxylic acids is 1. The van der Waals surface area contributed by atoms with E-state index in [0.717, 1.165) is 21.9 Å². The molecule has 0 aromatic heterocycles. The molecule has 0 aliphatic carbocycles. The van der Waals surface area contributed by atoms with E-state index in [1.54, 1.807) is 12.1 Å². The van der Waals surface area contributed by atoms with Crippen molar-refractivity contribution in [1.29, 1.82) is 0 Å². The molecule has 0 aliphatic rings. The van der Waals surface area contributed by atoms with Crippen LogP contribution in [0.3, 0.4) is 0 Å². The fraction of sp³-hybridized carbons (Fsp3) is 0.217. The van der Waals surface area contributed by atoms with Crippen LogP contribution in [-0.4, -0.2) is 22.1 Å². The van der Waals surface area contributed by atoms with Gasteiger partial charge in [0.25, 0.3) is 0 Å². The lowest BCUT2D eigenvalue weighted by atomic mass is 9.97. The summed E-state index contributed by atoms with van der Waals surface area (Å²) in [5.74, 6) is -0.994. The topological polar surface area (TPSA) is 86.6 Å². The van der Waals surface area contributed by atoms with Gasteiger partial charge < -0.3 is 15.5 Å². The number of fused-ring (bicyclic) bond motifs is 1. The van der Waals surface area contributed by atoms with Crippen molar-refractivity contribution in [3.8, 4) is 5.75 Å². The zero-order valence-corrected chi connectivity index (χ0v) is 15.7. The third-order valence-corrected chi connectivity index (χ3v) is 4.82. The number of aryl methyl sites for hydroxylation is 1. The minimum Gasteiger partial charge on any atom is -0.508 e. The quantitative estimate of drug-likeness (QED) is 0.557. The minimum atomic E-state index is -0.789. The van der Waals surface area contributed by atoms with Gasteiger partial charge in [-0.25, -0.2) is 0 Å². The Morgan fingerprint density at radius 2 is 1.64 bits per heavy atom. The molecule has 0 spiro atoms. The molecule has 0 fully saturated rings. The van der Waals surface area contributed by atoms with E-state index in [1.165, 1.54) is 0 Å². The smallest absolute Gasteiger partial charge is 0.303 e. The Balaban J connectivity index is 1.63. The van der Waals surface area contributed by atoms with Crippen LogP contribution < -0.4 is 5.32 Å². The highest BCUT2D eigenvalue weighted by molar-refractivity contribution is 5.96. The largest absolute Gasteiger partial charge is 0.508 e. The number of benzene rings is 3. The Kier molecular flexibility index (Phi) is 5.94. The molecule has 0 heterocycles. The van der Waals surface area contributed by atoms with Gasteiger partial charge in [-0.15, -0.1) is 0 Å². The maximum atomic E-state index is 12.6. The van der Waals surface area contributed by atoms with Gasteiger partial charge in [0.2, 0.25) is 5.91 Å². The fourth-order valence-electron chi connectivity index (χ4n) is 3.12. The second-order valence-electron chi connectivity index (χ2n) is 6.95. The number of rotatable bonds is 7. The van der Waals surface area contributed by atoms with Crippen LogP contribution in [0.15, 0.2) is 60.7 Å². The molecule has 0 bridgehead atoms. The highest BCUT2D eigenvalue weighted by atomic mass is 16.4. The van der Waals surface area contributed by atoms with Crippen LogP contribution in [0.25, 0.3) is 10.8 Å². The molecule has 3 rings (SSSR count). The molecule has 5 heteroatoms. The summed E-state index contributed by atoms with van der Waals surface area (Å²) in [5, 5.41) is 23.1. The van der Waals surface area contributed by atoms with Crippen LogP contribution in [-0.2, 0) is 16.0 Å². The monoisotopic (exact) mass is 377 g/mol. The first-order valence-corrected chi connectivity index (χ1v) is 9.26. The second-order valence-corrected chi connectivity index (χ2v) is 6.95. The van der Waals surface area contributed by atoms with E-state index in [4.69, 9.17) is 5.11 Å². The molecule has 0 aliphatic heterocycles. The summed E-state index contributed by atoms with van der Waals surface area (Å²) < 4.78 is 0. The van der Waals surface area contributed by atoms with Gasteiger partial charge in [0, 0.05) is 12.1 Å². The Hall–Kier alpha value is -3.34. The summed E-state index contributed by atoms with van der Waals surface area (Å²) in [6.07, 6.45) is 1.45. The van der Waals surface area contributed by atoms with E-state index >= 15 is 0 Å². The lowest BCUT2D eigenvalue weighted by molar-refractivity contribution is -0.137.